The molecule has 2 aliphatic carbocycles. The maximum absolute atomic E-state index is 12.1. The van der Waals surface area contributed by atoms with E-state index < -0.39 is 0 Å². The second-order valence-corrected chi connectivity index (χ2v) is 6.79. The van der Waals surface area contributed by atoms with E-state index in [-0.39, 0.29) is 18.2 Å². The fourth-order valence-corrected chi connectivity index (χ4v) is 3.69. The van der Waals surface area contributed by atoms with Gasteiger partial charge in [0.15, 0.2) is 0 Å². The number of piperidine rings is 1. The third kappa shape index (κ3) is 3.26. The van der Waals surface area contributed by atoms with E-state index >= 15 is 0 Å². The van der Waals surface area contributed by atoms with Crippen molar-refractivity contribution in [2.45, 2.75) is 69.0 Å². The molecule has 1 aliphatic heterocycles. The zero-order valence-corrected chi connectivity index (χ0v) is 12.2. The van der Waals surface area contributed by atoms with Gasteiger partial charge in [0.05, 0.1) is 12.1 Å². The second-order valence-electron chi connectivity index (χ2n) is 6.79. The molecule has 0 radical (unpaired) electrons. The highest BCUT2D eigenvalue weighted by atomic mass is 16.3. The van der Waals surface area contributed by atoms with E-state index in [9.17, 15) is 9.90 Å². The Morgan fingerprint density at radius 2 is 1.80 bits per heavy atom. The van der Waals surface area contributed by atoms with Gasteiger partial charge < -0.3 is 20.6 Å². The molecule has 3 N–H and O–H groups in total. The summed E-state index contributed by atoms with van der Waals surface area (Å²) in [5.41, 5.74) is -0.362. The van der Waals surface area contributed by atoms with Gasteiger partial charge in [-0.3, -0.25) is 0 Å². The van der Waals surface area contributed by atoms with Crippen LogP contribution in [0.15, 0.2) is 0 Å². The molecule has 0 aromatic carbocycles. The number of carbonyl (C=O) groups excluding carboxylic acids is 1. The Morgan fingerprint density at radius 3 is 2.35 bits per heavy atom. The molecular weight excluding hydrogens is 254 g/mol. The summed E-state index contributed by atoms with van der Waals surface area (Å²) < 4.78 is 0. The summed E-state index contributed by atoms with van der Waals surface area (Å²) >= 11 is 0. The lowest BCUT2D eigenvalue weighted by Gasteiger charge is -2.34. The first-order valence-electron chi connectivity index (χ1n) is 8.14. The van der Waals surface area contributed by atoms with Crippen molar-refractivity contribution in [3.63, 3.8) is 0 Å². The number of hydrogen-bond acceptors (Lipinski definition) is 3. The Bertz CT molecular complexity index is 343. The lowest BCUT2D eigenvalue weighted by Crippen LogP contribution is -2.56. The Morgan fingerprint density at radius 1 is 1.15 bits per heavy atom. The molecule has 2 amide bonds. The third-order valence-corrected chi connectivity index (χ3v) is 5.17. The average Bonchev–Trinajstić information content (AvgIpc) is 3.20. The van der Waals surface area contributed by atoms with Crippen molar-refractivity contribution in [1.82, 2.24) is 15.5 Å². The molecule has 0 aromatic rings. The minimum absolute atomic E-state index is 0.0561. The van der Waals surface area contributed by atoms with E-state index in [1.54, 1.807) is 0 Å². The zero-order chi connectivity index (χ0) is 14.0. The van der Waals surface area contributed by atoms with Crippen molar-refractivity contribution in [1.29, 1.82) is 0 Å². The molecule has 0 unspecified atom stereocenters. The van der Waals surface area contributed by atoms with Crippen molar-refractivity contribution >= 4 is 6.03 Å². The van der Waals surface area contributed by atoms with Crippen LogP contribution < -0.4 is 10.6 Å². The number of carbonyl (C=O) groups is 1. The van der Waals surface area contributed by atoms with Gasteiger partial charge in [0.25, 0.3) is 0 Å². The number of nitrogens with zero attached hydrogens (tertiary/aromatic N) is 1. The van der Waals surface area contributed by atoms with E-state index in [4.69, 9.17) is 0 Å². The molecule has 5 heteroatoms. The number of hydrogen-bond donors (Lipinski definition) is 3. The van der Waals surface area contributed by atoms with Crippen LogP contribution in [0.25, 0.3) is 0 Å². The van der Waals surface area contributed by atoms with Crippen LogP contribution in [0, 0.1) is 0 Å². The maximum atomic E-state index is 12.1. The normalized spacial score (nSPS) is 27.4. The number of likely N-dealkylation sites (tertiary alicyclic amines) is 1. The highest BCUT2D eigenvalue weighted by Crippen LogP contribution is 2.30. The quantitative estimate of drug-likeness (QED) is 0.726. The van der Waals surface area contributed by atoms with Gasteiger partial charge in [0.2, 0.25) is 0 Å². The molecule has 0 bridgehead atoms. The van der Waals surface area contributed by atoms with Gasteiger partial charge in [-0.2, -0.15) is 0 Å². The number of amides is 2. The molecule has 3 aliphatic rings. The Labute approximate surface area is 121 Å². The fraction of sp³-hybridized carbons (Fsp3) is 0.933. The van der Waals surface area contributed by atoms with Gasteiger partial charge in [-0.25, -0.2) is 4.79 Å². The number of urea groups is 1. The van der Waals surface area contributed by atoms with Crippen molar-refractivity contribution in [2.75, 3.05) is 19.7 Å². The Kier molecular flexibility index (Phi) is 4.17. The third-order valence-electron chi connectivity index (χ3n) is 5.17. The molecule has 5 nitrogen and oxygen atoms in total. The minimum Gasteiger partial charge on any atom is -0.394 e. The molecule has 2 saturated carbocycles. The first kappa shape index (κ1) is 14.1. The summed E-state index contributed by atoms with van der Waals surface area (Å²) in [6, 6.07) is 1.04. The average molecular weight is 281 g/mol. The molecule has 0 atom stereocenters. The topological polar surface area (TPSA) is 64.6 Å². The molecule has 1 saturated heterocycles. The molecule has 0 aromatic heterocycles. The molecule has 3 rings (SSSR count). The lowest BCUT2D eigenvalue weighted by molar-refractivity contribution is 0.155. The lowest BCUT2D eigenvalue weighted by atomic mass is 9.99. The van der Waals surface area contributed by atoms with E-state index in [0.717, 1.165) is 57.7 Å². The summed E-state index contributed by atoms with van der Waals surface area (Å²) in [6.45, 7) is 2.28. The van der Waals surface area contributed by atoms with E-state index in [0.29, 0.717) is 6.04 Å². The first-order valence-corrected chi connectivity index (χ1v) is 8.14. The van der Waals surface area contributed by atoms with Crippen molar-refractivity contribution < 1.29 is 9.90 Å². The van der Waals surface area contributed by atoms with E-state index in [1.165, 1.54) is 12.8 Å². The van der Waals surface area contributed by atoms with Crippen LogP contribution in [0.3, 0.4) is 0 Å². The predicted octanol–water partition coefficient (Wildman–Crippen LogP) is 1.22. The summed E-state index contributed by atoms with van der Waals surface area (Å²) in [7, 11) is 0. The van der Waals surface area contributed by atoms with Gasteiger partial charge in [0, 0.05) is 25.2 Å². The van der Waals surface area contributed by atoms with Crippen LogP contribution >= 0.6 is 0 Å². The summed E-state index contributed by atoms with van der Waals surface area (Å²) in [5.74, 6) is 0. The van der Waals surface area contributed by atoms with Crippen LogP contribution in [0.1, 0.15) is 51.4 Å². The van der Waals surface area contributed by atoms with Gasteiger partial charge in [0.1, 0.15) is 0 Å². The standard InChI is InChI=1S/C15H27N3O2/c19-11-15(7-1-2-8-15)17-14(20)16-12-5-9-18(10-6-12)13-3-4-13/h12-13,19H,1-11H2,(H2,16,17,20). The van der Waals surface area contributed by atoms with E-state index in [1.807, 2.05) is 0 Å². The highest BCUT2D eigenvalue weighted by Gasteiger charge is 2.36. The molecular formula is C15H27N3O2. The summed E-state index contributed by atoms with van der Waals surface area (Å²) in [6.07, 6.45) is 8.82. The Balaban J connectivity index is 1.42. The minimum atomic E-state index is -0.362. The van der Waals surface area contributed by atoms with Gasteiger partial charge in [-0.15, -0.1) is 0 Å². The SMILES string of the molecule is O=C(NC1CCN(C2CC2)CC1)NC1(CO)CCCC1. The van der Waals surface area contributed by atoms with Crippen molar-refractivity contribution in [3.05, 3.63) is 0 Å². The van der Waals surface area contributed by atoms with E-state index in [2.05, 4.69) is 15.5 Å². The van der Waals surface area contributed by atoms with Crippen LogP contribution in [0.2, 0.25) is 0 Å². The van der Waals surface area contributed by atoms with Crippen LogP contribution in [0.5, 0.6) is 0 Å². The molecule has 0 spiro atoms. The van der Waals surface area contributed by atoms with Crippen molar-refractivity contribution in [2.24, 2.45) is 0 Å². The highest BCUT2D eigenvalue weighted by molar-refractivity contribution is 5.75. The number of rotatable bonds is 4. The molecule has 20 heavy (non-hydrogen) atoms. The number of aliphatic hydroxyl groups excluding tert-OH is 1. The number of aliphatic hydroxyl groups is 1. The van der Waals surface area contributed by atoms with Crippen LogP contribution in [0.4, 0.5) is 4.79 Å². The van der Waals surface area contributed by atoms with Gasteiger partial charge in [-0.05, 0) is 38.5 Å². The molecule has 3 fully saturated rings. The summed E-state index contributed by atoms with van der Waals surface area (Å²) in [5, 5.41) is 15.6. The first-order chi connectivity index (χ1) is 9.71. The molecule has 1 heterocycles. The van der Waals surface area contributed by atoms with Crippen molar-refractivity contribution in [3.8, 4) is 0 Å². The largest absolute Gasteiger partial charge is 0.394 e. The number of nitrogens with one attached hydrogen (secondary N) is 2. The fourth-order valence-electron chi connectivity index (χ4n) is 3.69. The predicted molar refractivity (Wildman–Crippen MR) is 77.6 cm³/mol. The van der Waals surface area contributed by atoms with Crippen LogP contribution in [-0.2, 0) is 0 Å². The second kappa shape index (κ2) is 5.90. The van der Waals surface area contributed by atoms with Gasteiger partial charge >= 0.3 is 6.03 Å². The summed E-state index contributed by atoms with van der Waals surface area (Å²) in [4.78, 5) is 14.7. The smallest absolute Gasteiger partial charge is 0.315 e. The Hall–Kier alpha value is -0.810. The maximum Gasteiger partial charge on any atom is 0.315 e. The van der Waals surface area contributed by atoms with Crippen LogP contribution in [-0.4, -0.2) is 53.4 Å². The zero-order valence-electron chi connectivity index (χ0n) is 12.2. The van der Waals surface area contributed by atoms with Gasteiger partial charge in [-0.1, -0.05) is 12.8 Å². The monoisotopic (exact) mass is 281 g/mol. The molecule has 114 valence electrons.